The van der Waals surface area contributed by atoms with E-state index in [0.29, 0.717) is 5.92 Å². The minimum absolute atomic E-state index is 0.212. The second-order valence-electron chi connectivity index (χ2n) is 7.54. The number of nitrogens with zero attached hydrogens (tertiary/aromatic N) is 3. The maximum atomic E-state index is 12.2. The molecule has 2 heterocycles. The maximum Gasteiger partial charge on any atom is 0.410 e. The first-order chi connectivity index (χ1) is 11.3. The predicted molar refractivity (Wildman–Crippen MR) is 95.3 cm³/mol. The molecule has 1 atom stereocenters. The van der Waals surface area contributed by atoms with Gasteiger partial charge >= 0.3 is 6.09 Å². The number of benzene rings is 1. The molecule has 3 rings (SSSR count). The number of carbonyl (C=O) groups is 1. The number of nitrogens with one attached hydrogen (secondary N) is 1. The molecule has 1 aliphatic heterocycles. The summed E-state index contributed by atoms with van der Waals surface area (Å²) in [7, 11) is 2.04. The van der Waals surface area contributed by atoms with Gasteiger partial charge in [0.15, 0.2) is 0 Å². The second-order valence-corrected chi connectivity index (χ2v) is 7.54. The second kappa shape index (κ2) is 6.34. The van der Waals surface area contributed by atoms with E-state index in [-0.39, 0.29) is 6.09 Å². The van der Waals surface area contributed by atoms with Crippen LogP contribution in [0.15, 0.2) is 24.3 Å². The molecule has 1 N–H and O–H groups in total. The third-order valence-corrected chi connectivity index (χ3v) is 4.21. The Morgan fingerprint density at radius 1 is 1.42 bits per heavy atom. The van der Waals surface area contributed by atoms with Crippen molar-refractivity contribution in [3.63, 3.8) is 0 Å². The molecule has 6 heteroatoms. The molecule has 0 radical (unpaired) electrons. The van der Waals surface area contributed by atoms with Crippen LogP contribution in [0, 0.1) is 5.92 Å². The van der Waals surface area contributed by atoms with Crippen molar-refractivity contribution in [2.45, 2.75) is 32.8 Å². The van der Waals surface area contributed by atoms with E-state index in [2.05, 4.69) is 14.9 Å². The van der Waals surface area contributed by atoms with Crippen LogP contribution in [0.2, 0.25) is 0 Å². The Hall–Kier alpha value is -2.24. The van der Waals surface area contributed by atoms with Gasteiger partial charge in [0.25, 0.3) is 0 Å². The highest BCUT2D eigenvalue weighted by Crippen LogP contribution is 2.22. The number of aromatic amines is 1. The van der Waals surface area contributed by atoms with Crippen LogP contribution in [0.1, 0.15) is 27.2 Å². The van der Waals surface area contributed by atoms with Gasteiger partial charge in [-0.1, -0.05) is 12.1 Å². The van der Waals surface area contributed by atoms with Gasteiger partial charge in [0, 0.05) is 26.7 Å². The summed E-state index contributed by atoms with van der Waals surface area (Å²) in [4.78, 5) is 24.1. The largest absolute Gasteiger partial charge is 0.444 e. The van der Waals surface area contributed by atoms with Gasteiger partial charge in [-0.25, -0.2) is 9.78 Å². The normalized spacial score (nSPS) is 18.2. The lowest BCUT2D eigenvalue weighted by molar-refractivity contribution is 0.0288. The molecule has 0 aliphatic carbocycles. The first-order valence-corrected chi connectivity index (χ1v) is 8.45. The zero-order valence-electron chi connectivity index (χ0n) is 14.9. The van der Waals surface area contributed by atoms with Crippen LogP contribution in [0.3, 0.4) is 0 Å². The van der Waals surface area contributed by atoms with E-state index < -0.39 is 5.60 Å². The van der Waals surface area contributed by atoms with Crippen LogP contribution < -0.4 is 4.90 Å². The lowest BCUT2D eigenvalue weighted by atomic mass is 10.1. The van der Waals surface area contributed by atoms with Gasteiger partial charge in [-0.05, 0) is 45.2 Å². The molecule has 2 aromatic rings. The highest BCUT2D eigenvalue weighted by atomic mass is 16.6. The van der Waals surface area contributed by atoms with Crippen LogP contribution in [-0.4, -0.2) is 53.2 Å². The molecule has 0 unspecified atom stereocenters. The summed E-state index contributed by atoms with van der Waals surface area (Å²) >= 11 is 0. The van der Waals surface area contributed by atoms with Gasteiger partial charge in [0.1, 0.15) is 5.60 Å². The number of likely N-dealkylation sites (tertiary alicyclic amines) is 1. The van der Waals surface area contributed by atoms with Crippen LogP contribution in [0.5, 0.6) is 0 Å². The maximum absolute atomic E-state index is 12.2. The Morgan fingerprint density at radius 2 is 2.17 bits per heavy atom. The van der Waals surface area contributed by atoms with E-state index in [1.165, 1.54) is 0 Å². The van der Waals surface area contributed by atoms with E-state index in [1.54, 1.807) is 0 Å². The van der Waals surface area contributed by atoms with Crippen molar-refractivity contribution < 1.29 is 9.53 Å². The van der Waals surface area contributed by atoms with Gasteiger partial charge in [0.2, 0.25) is 5.95 Å². The zero-order valence-corrected chi connectivity index (χ0v) is 14.9. The Morgan fingerprint density at radius 3 is 2.88 bits per heavy atom. The summed E-state index contributed by atoms with van der Waals surface area (Å²) in [6, 6.07) is 8.02. The van der Waals surface area contributed by atoms with Gasteiger partial charge < -0.3 is 19.5 Å². The topological polar surface area (TPSA) is 61.5 Å². The number of anilines is 1. The third kappa shape index (κ3) is 3.80. The van der Waals surface area contributed by atoms with Crippen LogP contribution in [-0.2, 0) is 4.74 Å². The van der Waals surface area contributed by atoms with E-state index >= 15 is 0 Å². The molecule has 1 aromatic carbocycles. The Labute approximate surface area is 142 Å². The van der Waals surface area contributed by atoms with E-state index in [0.717, 1.165) is 43.0 Å². The number of para-hydroxylation sites is 2. The summed E-state index contributed by atoms with van der Waals surface area (Å²) in [5.41, 5.74) is 1.57. The van der Waals surface area contributed by atoms with Crippen molar-refractivity contribution >= 4 is 23.1 Å². The number of H-pyrrole nitrogens is 1. The molecule has 1 fully saturated rings. The molecule has 24 heavy (non-hydrogen) atoms. The van der Waals surface area contributed by atoms with Crippen molar-refractivity contribution in [1.82, 2.24) is 14.9 Å². The molecule has 0 spiro atoms. The first kappa shape index (κ1) is 16.6. The van der Waals surface area contributed by atoms with E-state index in [9.17, 15) is 4.79 Å². The molecule has 1 saturated heterocycles. The van der Waals surface area contributed by atoms with Gasteiger partial charge in [0.05, 0.1) is 11.0 Å². The number of hydrogen-bond acceptors (Lipinski definition) is 4. The zero-order chi connectivity index (χ0) is 17.3. The minimum Gasteiger partial charge on any atom is -0.444 e. The Kier molecular flexibility index (Phi) is 4.39. The SMILES string of the molecule is CN(C[C@H]1CCN(C(=O)OC(C)(C)C)C1)c1nc2ccccc2[nH]1. The number of ether oxygens (including phenoxy) is 1. The summed E-state index contributed by atoms with van der Waals surface area (Å²) in [5.74, 6) is 1.29. The first-order valence-electron chi connectivity index (χ1n) is 8.45. The van der Waals surface area contributed by atoms with Crippen LogP contribution >= 0.6 is 0 Å². The fraction of sp³-hybridized carbons (Fsp3) is 0.556. The number of imidazole rings is 1. The monoisotopic (exact) mass is 330 g/mol. The molecule has 6 nitrogen and oxygen atoms in total. The smallest absolute Gasteiger partial charge is 0.410 e. The lowest BCUT2D eigenvalue weighted by Crippen LogP contribution is -2.36. The van der Waals surface area contributed by atoms with Crippen molar-refractivity contribution in [1.29, 1.82) is 0 Å². The minimum atomic E-state index is -0.444. The summed E-state index contributed by atoms with van der Waals surface area (Å²) in [5, 5.41) is 0. The molecule has 1 aromatic heterocycles. The number of aromatic nitrogens is 2. The molecule has 0 bridgehead atoms. The number of fused-ring (bicyclic) bond motifs is 1. The summed E-state index contributed by atoms with van der Waals surface area (Å²) in [6.45, 7) is 8.04. The van der Waals surface area contributed by atoms with E-state index in [4.69, 9.17) is 4.74 Å². The number of amides is 1. The summed E-state index contributed by atoms with van der Waals surface area (Å²) < 4.78 is 5.45. The Balaban J connectivity index is 1.57. The van der Waals surface area contributed by atoms with E-state index in [1.807, 2.05) is 57.0 Å². The van der Waals surface area contributed by atoms with Crippen molar-refractivity contribution in [3.05, 3.63) is 24.3 Å². The fourth-order valence-electron chi connectivity index (χ4n) is 3.07. The average molecular weight is 330 g/mol. The van der Waals surface area contributed by atoms with Crippen molar-refractivity contribution in [2.75, 3.05) is 31.6 Å². The summed E-state index contributed by atoms with van der Waals surface area (Å²) in [6.07, 6.45) is 0.778. The number of hydrogen-bond donors (Lipinski definition) is 1. The fourth-order valence-corrected chi connectivity index (χ4v) is 3.07. The van der Waals surface area contributed by atoms with Gasteiger partial charge in [-0.15, -0.1) is 0 Å². The van der Waals surface area contributed by atoms with Crippen molar-refractivity contribution in [3.8, 4) is 0 Å². The molecular formula is C18H26N4O2. The number of carbonyl (C=O) groups excluding carboxylic acids is 1. The Bertz CT molecular complexity index is 686. The predicted octanol–water partition coefficient (Wildman–Crippen LogP) is 3.26. The van der Waals surface area contributed by atoms with Crippen LogP contribution in [0.4, 0.5) is 10.7 Å². The number of rotatable bonds is 3. The average Bonchev–Trinajstić information content (AvgIpc) is 3.11. The van der Waals surface area contributed by atoms with Crippen molar-refractivity contribution in [2.24, 2.45) is 5.92 Å². The standard InChI is InChI=1S/C18H26N4O2/c1-18(2,3)24-17(23)22-10-9-13(12-22)11-21(4)16-19-14-7-5-6-8-15(14)20-16/h5-8,13H,9-12H2,1-4H3,(H,19,20)/t13-/m1/s1. The highest BCUT2D eigenvalue weighted by Gasteiger charge is 2.30. The van der Waals surface area contributed by atoms with Gasteiger partial charge in [-0.3, -0.25) is 0 Å². The molecule has 130 valence electrons. The van der Waals surface area contributed by atoms with Gasteiger partial charge in [-0.2, -0.15) is 0 Å². The molecule has 1 aliphatic rings. The lowest BCUT2D eigenvalue weighted by Gasteiger charge is -2.25. The highest BCUT2D eigenvalue weighted by molar-refractivity contribution is 5.77. The van der Waals surface area contributed by atoms with Crippen LogP contribution in [0.25, 0.3) is 11.0 Å². The molecule has 0 saturated carbocycles. The molecule has 1 amide bonds. The molecular weight excluding hydrogens is 304 g/mol. The quantitative estimate of drug-likeness (QED) is 0.938. The third-order valence-electron chi connectivity index (χ3n) is 4.21.